The lowest BCUT2D eigenvalue weighted by Gasteiger charge is -2.01. The van der Waals surface area contributed by atoms with Gasteiger partial charge >= 0.3 is 0 Å². The summed E-state index contributed by atoms with van der Waals surface area (Å²) in [5.41, 5.74) is 1.56. The highest BCUT2D eigenvalue weighted by Crippen LogP contribution is 2.20. The van der Waals surface area contributed by atoms with Crippen LogP contribution in [0.3, 0.4) is 0 Å². The summed E-state index contributed by atoms with van der Waals surface area (Å²) in [6.45, 7) is 6.27. The molecule has 0 saturated carbocycles. The number of hydrogen-bond donors (Lipinski definition) is 0. The normalized spacial score (nSPS) is 29.1. The summed E-state index contributed by atoms with van der Waals surface area (Å²) in [7, 11) is 0. The summed E-state index contributed by atoms with van der Waals surface area (Å²) in [5, 5.41) is 0. The van der Waals surface area contributed by atoms with Crippen molar-refractivity contribution in [3.8, 4) is 0 Å². The number of rotatable bonds is 0. The van der Waals surface area contributed by atoms with Gasteiger partial charge in [0.25, 0.3) is 0 Å². The fraction of sp³-hybridized carbons (Fsp3) is 0.667. The SMILES string of the molecule is [CH2]C1CC=C(C)CCC1. The van der Waals surface area contributed by atoms with E-state index in [4.69, 9.17) is 0 Å². The van der Waals surface area contributed by atoms with E-state index >= 15 is 0 Å². The first kappa shape index (κ1) is 6.85. The maximum Gasteiger partial charge on any atom is -0.0320 e. The second-order valence-electron chi connectivity index (χ2n) is 3.04. The molecule has 9 heavy (non-hydrogen) atoms. The zero-order valence-electron chi connectivity index (χ0n) is 6.19. The molecule has 0 saturated heterocycles. The monoisotopic (exact) mass is 123 g/mol. The van der Waals surface area contributed by atoms with Gasteiger partial charge in [-0.25, -0.2) is 0 Å². The molecule has 0 fully saturated rings. The molecule has 1 aliphatic carbocycles. The molecule has 51 valence electrons. The Morgan fingerprint density at radius 1 is 1.67 bits per heavy atom. The predicted octanol–water partition coefficient (Wildman–Crippen LogP) is 2.96. The lowest BCUT2D eigenvalue weighted by Crippen LogP contribution is -1.88. The van der Waals surface area contributed by atoms with E-state index in [9.17, 15) is 0 Å². The van der Waals surface area contributed by atoms with Crippen LogP contribution in [0.1, 0.15) is 32.6 Å². The zero-order chi connectivity index (χ0) is 6.69. The van der Waals surface area contributed by atoms with Crippen LogP contribution in [-0.2, 0) is 0 Å². The van der Waals surface area contributed by atoms with Crippen molar-refractivity contribution in [2.24, 2.45) is 5.92 Å². The fourth-order valence-corrected chi connectivity index (χ4v) is 1.26. The van der Waals surface area contributed by atoms with Gasteiger partial charge < -0.3 is 0 Å². The summed E-state index contributed by atoms with van der Waals surface area (Å²) >= 11 is 0. The van der Waals surface area contributed by atoms with E-state index in [1.807, 2.05) is 0 Å². The summed E-state index contributed by atoms with van der Waals surface area (Å²) < 4.78 is 0. The smallest absolute Gasteiger partial charge is 0.0320 e. The minimum Gasteiger partial charge on any atom is -0.0853 e. The Hall–Kier alpha value is -0.260. The Morgan fingerprint density at radius 2 is 2.44 bits per heavy atom. The Balaban J connectivity index is 2.42. The van der Waals surface area contributed by atoms with Crippen LogP contribution >= 0.6 is 0 Å². The van der Waals surface area contributed by atoms with Crippen LogP contribution < -0.4 is 0 Å². The maximum absolute atomic E-state index is 4.05. The molecule has 0 aromatic rings. The van der Waals surface area contributed by atoms with E-state index < -0.39 is 0 Å². The average Bonchev–Trinajstić information content (AvgIpc) is 1.97. The second-order valence-corrected chi connectivity index (χ2v) is 3.04. The summed E-state index contributed by atoms with van der Waals surface area (Å²) in [6.07, 6.45) is 7.49. The van der Waals surface area contributed by atoms with Crippen LogP contribution in [0.2, 0.25) is 0 Å². The van der Waals surface area contributed by atoms with Gasteiger partial charge in [0.1, 0.15) is 0 Å². The molecule has 1 aliphatic rings. The van der Waals surface area contributed by atoms with Crippen molar-refractivity contribution >= 4 is 0 Å². The van der Waals surface area contributed by atoms with Gasteiger partial charge in [-0.1, -0.05) is 11.6 Å². The minimum absolute atomic E-state index is 0.683. The first-order valence-electron chi connectivity index (χ1n) is 3.78. The first-order chi connectivity index (χ1) is 4.29. The molecular weight excluding hydrogens is 108 g/mol. The Morgan fingerprint density at radius 3 is 3.22 bits per heavy atom. The summed E-state index contributed by atoms with van der Waals surface area (Å²) in [4.78, 5) is 0. The van der Waals surface area contributed by atoms with Crippen LogP contribution in [0.4, 0.5) is 0 Å². The third kappa shape index (κ3) is 2.21. The van der Waals surface area contributed by atoms with Gasteiger partial charge in [-0.2, -0.15) is 0 Å². The highest BCUT2D eigenvalue weighted by atomic mass is 14.1. The molecule has 0 nitrogen and oxygen atoms in total. The molecule has 1 unspecified atom stereocenters. The van der Waals surface area contributed by atoms with Crippen molar-refractivity contribution in [2.75, 3.05) is 0 Å². The molecule has 0 heteroatoms. The molecule has 0 heterocycles. The van der Waals surface area contributed by atoms with Crippen molar-refractivity contribution in [1.82, 2.24) is 0 Å². The standard InChI is InChI=1S/C9H15/c1-8-4-3-5-9(2)7-6-8/h7-8H,1,3-6H2,2H3. The van der Waals surface area contributed by atoms with Crippen LogP contribution in [0.5, 0.6) is 0 Å². The first-order valence-corrected chi connectivity index (χ1v) is 3.78. The van der Waals surface area contributed by atoms with Crippen molar-refractivity contribution in [2.45, 2.75) is 32.6 Å². The van der Waals surface area contributed by atoms with E-state index in [1.54, 1.807) is 5.57 Å². The second kappa shape index (κ2) is 3.05. The maximum atomic E-state index is 4.05. The van der Waals surface area contributed by atoms with Gasteiger partial charge in [-0.15, -0.1) is 0 Å². The van der Waals surface area contributed by atoms with Crippen molar-refractivity contribution < 1.29 is 0 Å². The topological polar surface area (TPSA) is 0 Å². The molecule has 0 amide bonds. The predicted molar refractivity (Wildman–Crippen MR) is 41.1 cm³/mol. The molecule has 0 aromatic heterocycles. The Labute approximate surface area is 58.0 Å². The van der Waals surface area contributed by atoms with Gasteiger partial charge in [0.15, 0.2) is 0 Å². The lowest BCUT2D eigenvalue weighted by atomic mass is 10.0. The van der Waals surface area contributed by atoms with E-state index in [-0.39, 0.29) is 0 Å². The van der Waals surface area contributed by atoms with Crippen LogP contribution in [-0.4, -0.2) is 0 Å². The third-order valence-electron chi connectivity index (χ3n) is 1.98. The number of allylic oxidation sites excluding steroid dienone is 2. The summed E-state index contributed by atoms with van der Waals surface area (Å²) in [5.74, 6) is 0.683. The highest BCUT2D eigenvalue weighted by molar-refractivity contribution is 5.00. The molecular formula is C9H15. The minimum atomic E-state index is 0.683. The van der Waals surface area contributed by atoms with Crippen molar-refractivity contribution in [3.63, 3.8) is 0 Å². The Bertz CT molecular complexity index is 111. The van der Waals surface area contributed by atoms with Gasteiger partial charge in [0.05, 0.1) is 0 Å². The highest BCUT2D eigenvalue weighted by Gasteiger charge is 2.04. The van der Waals surface area contributed by atoms with Gasteiger partial charge in [0, 0.05) is 0 Å². The molecule has 1 atom stereocenters. The number of hydrogen-bond acceptors (Lipinski definition) is 0. The molecule has 0 N–H and O–H groups in total. The van der Waals surface area contributed by atoms with Gasteiger partial charge in [-0.3, -0.25) is 0 Å². The molecule has 1 rings (SSSR count). The zero-order valence-corrected chi connectivity index (χ0v) is 6.19. The molecule has 1 radical (unpaired) electrons. The fourth-order valence-electron chi connectivity index (χ4n) is 1.26. The average molecular weight is 123 g/mol. The van der Waals surface area contributed by atoms with Crippen molar-refractivity contribution in [3.05, 3.63) is 18.6 Å². The molecule has 0 spiro atoms. The van der Waals surface area contributed by atoms with E-state index in [0.717, 1.165) is 0 Å². The molecule has 0 aromatic carbocycles. The molecule has 0 aliphatic heterocycles. The van der Waals surface area contributed by atoms with E-state index in [0.29, 0.717) is 5.92 Å². The van der Waals surface area contributed by atoms with Crippen LogP contribution in [0.15, 0.2) is 11.6 Å². The molecule has 0 bridgehead atoms. The largest absolute Gasteiger partial charge is 0.0853 e. The van der Waals surface area contributed by atoms with E-state index in [1.165, 1.54) is 25.7 Å². The Kier molecular flexibility index (Phi) is 2.32. The third-order valence-corrected chi connectivity index (χ3v) is 1.98. The lowest BCUT2D eigenvalue weighted by molar-refractivity contribution is 0.582. The van der Waals surface area contributed by atoms with Crippen LogP contribution in [0.25, 0.3) is 0 Å². The van der Waals surface area contributed by atoms with Crippen LogP contribution in [0, 0.1) is 12.8 Å². The van der Waals surface area contributed by atoms with E-state index in [2.05, 4.69) is 19.9 Å². The van der Waals surface area contributed by atoms with Crippen molar-refractivity contribution in [1.29, 1.82) is 0 Å². The van der Waals surface area contributed by atoms with Gasteiger partial charge in [-0.05, 0) is 45.4 Å². The van der Waals surface area contributed by atoms with Gasteiger partial charge in [0.2, 0.25) is 0 Å². The summed E-state index contributed by atoms with van der Waals surface area (Å²) in [6, 6.07) is 0. The quantitative estimate of drug-likeness (QED) is 0.434.